The maximum absolute atomic E-state index is 13.4. The molecular weight excluding hydrogens is 396 g/mol. The van der Waals surface area contributed by atoms with Gasteiger partial charge < -0.3 is 10.0 Å². The van der Waals surface area contributed by atoms with Crippen LogP contribution in [0.2, 0.25) is 0 Å². The number of carbonyl (C=O) groups excluding carboxylic acids is 1. The zero-order chi connectivity index (χ0) is 22.0. The zero-order valence-corrected chi connectivity index (χ0v) is 16.5. The van der Waals surface area contributed by atoms with Crippen LogP contribution in [0.5, 0.6) is 0 Å². The highest BCUT2D eigenvalue weighted by Crippen LogP contribution is 2.45. The molecule has 0 fully saturated rings. The molecule has 7 heteroatoms. The van der Waals surface area contributed by atoms with E-state index >= 15 is 0 Å². The number of carboxylic acid groups (broad SMARTS) is 1. The number of nitro benzene ring substituents is 1. The van der Waals surface area contributed by atoms with Crippen molar-refractivity contribution in [2.45, 2.75) is 18.4 Å². The molecule has 1 aliphatic heterocycles. The molecule has 0 radical (unpaired) electrons. The number of para-hydroxylation sites is 1. The van der Waals surface area contributed by atoms with Gasteiger partial charge in [-0.15, -0.1) is 0 Å². The van der Waals surface area contributed by atoms with E-state index in [9.17, 15) is 24.8 Å². The Morgan fingerprint density at radius 3 is 2.23 bits per heavy atom. The highest BCUT2D eigenvalue weighted by Gasteiger charge is 2.46. The van der Waals surface area contributed by atoms with Crippen molar-refractivity contribution in [3.8, 4) is 0 Å². The molecular formula is C24H20N2O5. The van der Waals surface area contributed by atoms with Crippen LogP contribution in [-0.4, -0.2) is 33.4 Å². The van der Waals surface area contributed by atoms with Crippen molar-refractivity contribution in [1.29, 1.82) is 0 Å². The lowest BCUT2D eigenvalue weighted by Crippen LogP contribution is -2.46. The van der Waals surface area contributed by atoms with Crippen molar-refractivity contribution in [3.63, 3.8) is 0 Å². The monoisotopic (exact) mass is 416 g/mol. The van der Waals surface area contributed by atoms with Gasteiger partial charge in [-0.05, 0) is 23.6 Å². The van der Waals surface area contributed by atoms with Crippen LogP contribution in [0.1, 0.15) is 39.0 Å². The van der Waals surface area contributed by atoms with Crippen LogP contribution >= 0.6 is 0 Å². The summed E-state index contributed by atoms with van der Waals surface area (Å²) in [5, 5.41) is 21.8. The highest BCUT2D eigenvalue weighted by atomic mass is 16.6. The summed E-state index contributed by atoms with van der Waals surface area (Å²) in [6.07, 6.45) is 0.498. The summed E-state index contributed by atoms with van der Waals surface area (Å²) in [6.45, 7) is 0.234. The highest BCUT2D eigenvalue weighted by molar-refractivity contribution is 6.00. The molecule has 1 amide bonds. The molecule has 1 N–H and O–H groups in total. The van der Waals surface area contributed by atoms with E-state index in [1.54, 1.807) is 30.3 Å². The number of hydrogen-bond donors (Lipinski definition) is 1. The van der Waals surface area contributed by atoms with Crippen LogP contribution < -0.4 is 0 Å². The van der Waals surface area contributed by atoms with E-state index in [4.69, 9.17) is 0 Å². The van der Waals surface area contributed by atoms with E-state index in [1.165, 1.54) is 23.1 Å². The molecule has 0 saturated heterocycles. The fraction of sp³-hybridized carbons (Fsp3) is 0.167. The Morgan fingerprint density at radius 2 is 1.55 bits per heavy atom. The average Bonchev–Trinajstić information content (AvgIpc) is 2.78. The predicted octanol–water partition coefficient (Wildman–Crippen LogP) is 4.20. The van der Waals surface area contributed by atoms with Gasteiger partial charge in [0.2, 0.25) is 0 Å². The molecule has 0 saturated carbocycles. The van der Waals surface area contributed by atoms with Crippen molar-refractivity contribution in [1.82, 2.24) is 4.90 Å². The third kappa shape index (κ3) is 3.77. The van der Waals surface area contributed by atoms with Crippen LogP contribution in [0.25, 0.3) is 0 Å². The van der Waals surface area contributed by atoms with Crippen molar-refractivity contribution in [3.05, 3.63) is 111 Å². The van der Waals surface area contributed by atoms with E-state index in [1.807, 2.05) is 30.3 Å². The molecule has 156 valence electrons. The lowest BCUT2D eigenvalue weighted by atomic mass is 9.79. The quantitative estimate of drug-likeness (QED) is 0.479. The lowest BCUT2D eigenvalue weighted by molar-refractivity contribution is -0.386. The second-order valence-corrected chi connectivity index (χ2v) is 7.40. The summed E-state index contributed by atoms with van der Waals surface area (Å²) in [4.78, 5) is 38.5. The standard InChI is InChI=1S/C24H20N2O5/c27-23-18-11-5-4-10-17(18)21(24(28)29)22(19-12-6-7-13-20(19)26(30)31)25(23)15-14-16-8-2-1-3-9-16/h1-13,21-22H,14-15H2,(H,28,29)/t21-,22-/m0/s1. The smallest absolute Gasteiger partial charge is 0.313 e. The minimum atomic E-state index is -1.13. The van der Waals surface area contributed by atoms with Crippen LogP contribution in [0.4, 0.5) is 5.69 Å². The van der Waals surface area contributed by atoms with Gasteiger partial charge in [0, 0.05) is 18.2 Å². The fourth-order valence-electron chi connectivity index (χ4n) is 4.25. The number of carboxylic acids is 1. The van der Waals surface area contributed by atoms with Gasteiger partial charge in [-0.25, -0.2) is 0 Å². The first-order chi connectivity index (χ1) is 15.0. The first kappa shape index (κ1) is 20.3. The summed E-state index contributed by atoms with van der Waals surface area (Å²) in [6, 6.07) is 21.2. The van der Waals surface area contributed by atoms with Crippen molar-refractivity contribution < 1.29 is 19.6 Å². The largest absolute Gasteiger partial charge is 0.481 e. The van der Waals surface area contributed by atoms with Gasteiger partial charge in [-0.1, -0.05) is 66.7 Å². The molecule has 1 aliphatic rings. The van der Waals surface area contributed by atoms with E-state index in [0.29, 0.717) is 17.5 Å². The van der Waals surface area contributed by atoms with Gasteiger partial charge in [0.15, 0.2) is 0 Å². The molecule has 2 atom stereocenters. The normalized spacial score (nSPS) is 17.8. The number of fused-ring (bicyclic) bond motifs is 1. The number of aliphatic carboxylic acids is 1. The molecule has 0 unspecified atom stereocenters. The third-order valence-electron chi connectivity index (χ3n) is 5.64. The van der Waals surface area contributed by atoms with Crippen LogP contribution in [0.15, 0.2) is 78.9 Å². The van der Waals surface area contributed by atoms with Gasteiger partial charge >= 0.3 is 5.97 Å². The Balaban J connectivity index is 1.86. The third-order valence-corrected chi connectivity index (χ3v) is 5.64. The first-order valence-corrected chi connectivity index (χ1v) is 9.89. The van der Waals surface area contributed by atoms with E-state index in [0.717, 1.165) is 5.56 Å². The summed E-state index contributed by atoms with van der Waals surface area (Å²) in [5.41, 5.74) is 1.70. The Hall–Kier alpha value is -4.00. The van der Waals surface area contributed by atoms with Crippen LogP contribution in [0, 0.1) is 10.1 Å². The molecule has 7 nitrogen and oxygen atoms in total. The number of rotatable bonds is 6. The topological polar surface area (TPSA) is 101 Å². The molecule has 0 bridgehead atoms. The fourth-order valence-corrected chi connectivity index (χ4v) is 4.25. The first-order valence-electron chi connectivity index (χ1n) is 9.89. The lowest BCUT2D eigenvalue weighted by Gasteiger charge is -2.40. The molecule has 3 aromatic rings. The Morgan fingerprint density at radius 1 is 0.935 bits per heavy atom. The SMILES string of the molecule is O=C(O)[C@H]1c2ccccc2C(=O)N(CCc2ccccc2)[C@H]1c1ccccc1[N+](=O)[O-]. The van der Waals surface area contributed by atoms with Gasteiger partial charge in [0.05, 0.1) is 16.5 Å². The molecule has 0 spiro atoms. The minimum Gasteiger partial charge on any atom is -0.481 e. The summed E-state index contributed by atoms with van der Waals surface area (Å²) < 4.78 is 0. The Kier molecular flexibility index (Phi) is 5.49. The summed E-state index contributed by atoms with van der Waals surface area (Å²) in [5.74, 6) is -2.58. The van der Waals surface area contributed by atoms with Crippen molar-refractivity contribution in [2.24, 2.45) is 0 Å². The zero-order valence-electron chi connectivity index (χ0n) is 16.5. The van der Waals surface area contributed by atoms with E-state index < -0.39 is 22.9 Å². The van der Waals surface area contributed by atoms with Crippen molar-refractivity contribution in [2.75, 3.05) is 6.54 Å². The molecule has 3 aromatic carbocycles. The average molecular weight is 416 g/mol. The number of carbonyl (C=O) groups is 2. The van der Waals surface area contributed by atoms with E-state index in [-0.39, 0.29) is 23.7 Å². The van der Waals surface area contributed by atoms with Crippen LogP contribution in [-0.2, 0) is 11.2 Å². The molecule has 0 aromatic heterocycles. The second-order valence-electron chi connectivity index (χ2n) is 7.40. The van der Waals surface area contributed by atoms with E-state index in [2.05, 4.69) is 0 Å². The molecule has 31 heavy (non-hydrogen) atoms. The maximum Gasteiger partial charge on any atom is 0.313 e. The number of amides is 1. The van der Waals surface area contributed by atoms with Gasteiger partial charge in [-0.3, -0.25) is 19.7 Å². The van der Waals surface area contributed by atoms with Gasteiger partial charge in [-0.2, -0.15) is 0 Å². The molecule has 4 rings (SSSR count). The predicted molar refractivity (Wildman–Crippen MR) is 114 cm³/mol. The van der Waals surface area contributed by atoms with Gasteiger partial charge in [0.25, 0.3) is 11.6 Å². The number of hydrogen-bond acceptors (Lipinski definition) is 4. The minimum absolute atomic E-state index is 0.198. The number of benzene rings is 3. The second kappa shape index (κ2) is 8.39. The summed E-state index contributed by atoms with van der Waals surface area (Å²) in [7, 11) is 0. The van der Waals surface area contributed by atoms with Crippen LogP contribution in [0.3, 0.4) is 0 Å². The van der Waals surface area contributed by atoms with Crippen molar-refractivity contribution >= 4 is 17.6 Å². The van der Waals surface area contributed by atoms with Gasteiger partial charge in [0.1, 0.15) is 5.92 Å². The molecule has 0 aliphatic carbocycles. The number of nitro groups is 1. The number of nitrogens with zero attached hydrogens (tertiary/aromatic N) is 2. The maximum atomic E-state index is 13.4. The molecule has 1 heterocycles. The Bertz CT molecular complexity index is 1150. The Labute approximate surface area is 178 Å². The summed E-state index contributed by atoms with van der Waals surface area (Å²) >= 11 is 0.